The van der Waals surface area contributed by atoms with Crippen LogP contribution in [0.1, 0.15) is 36.1 Å². The maximum Gasteiger partial charge on any atom is 0.141 e. The van der Waals surface area contributed by atoms with Crippen LogP contribution in [0.5, 0.6) is 5.75 Å². The highest BCUT2D eigenvalue weighted by Crippen LogP contribution is 2.27. The molecule has 1 heterocycles. The van der Waals surface area contributed by atoms with Crippen LogP contribution >= 0.6 is 0 Å². The van der Waals surface area contributed by atoms with E-state index in [0.717, 1.165) is 35.4 Å². The summed E-state index contributed by atoms with van der Waals surface area (Å²) >= 11 is 0. The Kier molecular flexibility index (Phi) is 5.28. The Hall–Kier alpha value is -1.94. The third kappa shape index (κ3) is 3.79. The number of aryl methyl sites for hydroxylation is 1. The zero-order chi connectivity index (χ0) is 15.2. The molecule has 0 saturated heterocycles. The number of rotatable bonds is 6. The molecule has 3 nitrogen and oxygen atoms in total. The minimum absolute atomic E-state index is 0.0948. The summed E-state index contributed by atoms with van der Waals surface area (Å²) in [4.78, 5) is 3.95. The van der Waals surface area contributed by atoms with Gasteiger partial charge in [0.1, 0.15) is 11.6 Å². The number of nitrogens with zero attached hydrogens (tertiary/aromatic N) is 1. The third-order valence-electron chi connectivity index (χ3n) is 3.42. The van der Waals surface area contributed by atoms with Gasteiger partial charge in [-0.15, -0.1) is 0 Å². The molecule has 2 aromatic rings. The summed E-state index contributed by atoms with van der Waals surface area (Å²) in [6.45, 7) is 4.95. The molecule has 0 radical (unpaired) electrons. The third-order valence-corrected chi connectivity index (χ3v) is 3.42. The van der Waals surface area contributed by atoms with Gasteiger partial charge >= 0.3 is 0 Å². The molecule has 0 saturated carbocycles. The van der Waals surface area contributed by atoms with Gasteiger partial charge < -0.3 is 10.1 Å². The molecule has 21 heavy (non-hydrogen) atoms. The molecule has 1 unspecified atom stereocenters. The van der Waals surface area contributed by atoms with Crippen molar-refractivity contribution in [3.05, 3.63) is 59.2 Å². The molecule has 0 spiro atoms. The van der Waals surface area contributed by atoms with Crippen molar-refractivity contribution in [1.82, 2.24) is 10.3 Å². The summed E-state index contributed by atoms with van der Waals surface area (Å²) in [7, 11) is 1.66. The molecule has 0 aliphatic rings. The Labute approximate surface area is 125 Å². The Morgan fingerprint density at radius 3 is 2.71 bits per heavy atom. The Bertz CT molecular complexity index is 601. The summed E-state index contributed by atoms with van der Waals surface area (Å²) in [5.74, 6) is 0.509. The molecule has 1 aromatic heterocycles. The predicted octanol–water partition coefficient (Wildman–Crippen LogP) is 3.63. The fourth-order valence-electron chi connectivity index (χ4n) is 2.32. The molecule has 1 atom stereocenters. The lowest BCUT2D eigenvalue weighted by Crippen LogP contribution is -2.23. The minimum atomic E-state index is -0.324. The first-order chi connectivity index (χ1) is 10.2. The minimum Gasteiger partial charge on any atom is -0.496 e. The molecular formula is C17H21FN2O. The van der Waals surface area contributed by atoms with Crippen molar-refractivity contribution in [2.45, 2.75) is 26.3 Å². The second-order valence-corrected chi connectivity index (χ2v) is 5.05. The summed E-state index contributed by atoms with van der Waals surface area (Å²) in [5, 5.41) is 3.44. The van der Waals surface area contributed by atoms with Gasteiger partial charge in [-0.05, 0) is 48.7 Å². The zero-order valence-electron chi connectivity index (χ0n) is 12.7. The van der Waals surface area contributed by atoms with Gasteiger partial charge in [-0.25, -0.2) is 4.39 Å². The van der Waals surface area contributed by atoms with Gasteiger partial charge in [0.25, 0.3) is 0 Å². The van der Waals surface area contributed by atoms with E-state index < -0.39 is 0 Å². The van der Waals surface area contributed by atoms with E-state index in [2.05, 4.69) is 17.2 Å². The van der Waals surface area contributed by atoms with Crippen LogP contribution in [0, 0.1) is 12.7 Å². The van der Waals surface area contributed by atoms with Gasteiger partial charge in [0.2, 0.25) is 0 Å². The molecule has 0 fully saturated rings. The number of halogens is 1. The van der Waals surface area contributed by atoms with Crippen molar-refractivity contribution in [3.63, 3.8) is 0 Å². The number of pyridine rings is 1. The van der Waals surface area contributed by atoms with E-state index >= 15 is 0 Å². The zero-order valence-corrected chi connectivity index (χ0v) is 12.7. The molecule has 0 amide bonds. The van der Waals surface area contributed by atoms with Crippen LogP contribution in [0.2, 0.25) is 0 Å². The maximum absolute atomic E-state index is 13.5. The van der Waals surface area contributed by atoms with Crippen molar-refractivity contribution >= 4 is 0 Å². The van der Waals surface area contributed by atoms with Crippen molar-refractivity contribution in [2.75, 3.05) is 13.7 Å². The van der Waals surface area contributed by atoms with Crippen LogP contribution in [0.3, 0.4) is 0 Å². The van der Waals surface area contributed by atoms with Crippen LogP contribution in [0.25, 0.3) is 0 Å². The van der Waals surface area contributed by atoms with Crippen LogP contribution in [-0.2, 0) is 0 Å². The lowest BCUT2D eigenvalue weighted by Gasteiger charge is -2.20. The van der Waals surface area contributed by atoms with Gasteiger partial charge in [0.05, 0.1) is 19.3 Å². The second kappa shape index (κ2) is 7.18. The fourth-order valence-corrected chi connectivity index (χ4v) is 2.32. The lowest BCUT2D eigenvalue weighted by molar-refractivity contribution is 0.410. The van der Waals surface area contributed by atoms with Crippen LogP contribution in [0.4, 0.5) is 4.39 Å². The summed E-state index contributed by atoms with van der Waals surface area (Å²) in [6, 6.07) is 7.47. The van der Waals surface area contributed by atoms with E-state index in [1.165, 1.54) is 12.3 Å². The molecule has 1 N–H and O–H groups in total. The smallest absolute Gasteiger partial charge is 0.141 e. The number of nitrogens with one attached hydrogen (secondary N) is 1. The first-order valence-corrected chi connectivity index (χ1v) is 7.14. The molecular weight excluding hydrogens is 267 g/mol. The Morgan fingerprint density at radius 2 is 2.05 bits per heavy atom. The van der Waals surface area contributed by atoms with E-state index in [4.69, 9.17) is 4.74 Å². The summed E-state index contributed by atoms with van der Waals surface area (Å²) < 4.78 is 18.8. The molecule has 1 aromatic carbocycles. The van der Waals surface area contributed by atoms with Crippen molar-refractivity contribution in [3.8, 4) is 5.75 Å². The van der Waals surface area contributed by atoms with Crippen LogP contribution in [0.15, 0.2) is 36.7 Å². The number of benzene rings is 1. The van der Waals surface area contributed by atoms with Gasteiger partial charge in [0, 0.05) is 6.20 Å². The normalized spacial score (nSPS) is 12.2. The average Bonchev–Trinajstić information content (AvgIpc) is 2.49. The van der Waals surface area contributed by atoms with Crippen molar-refractivity contribution < 1.29 is 9.13 Å². The molecule has 0 aliphatic heterocycles. The van der Waals surface area contributed by atoms with Crippen molar-refractivity contribution in [1.29, 1.82) is 0 Å². The number of hydrogen-bond donors (Lipinski definition) is 1. The van der Waals surface area contributed by atoms with E-state index in [9.17, 15) is 4.39 Å². The SMILES string of the molecule is CCCNC(c1cncc(F)c1)c1ccc(C)c(OC)c1. The summed E-state index contributed by atoms with van der Waals surface area (Å²) in [5.41, 5.74) is 2.93. The van der Waals surface area contributed by atoms with Gasteiger partial charge in [-0.1, -0.05) is 19.1 Å². The van der Waals surface area contributed by atoms with E-state index in [0.29, 0.717) is 0 Å². The monoisotopic (exact) mass is 288 g/mol. The average molecular weight is 288 g/mol. The highest BCUT2D eigenvalue weighted by atomic mass is 19.1. The lowest BCUT2D eigenvalue weighted by atomic mass is 9.98. The van der Waals surface area contributed by atoms with Gasteiger partial charge in [-0.2, -0.15) is 0 Å². The molecule has 0 aliphatic carbocycles. The quantitative estimate of drug-likeness (QED) is 0.881. The molecule has 112 valence electrons. The topological polar surface area (TPSA) is 34.2 Å². The number of hydrogen-bond acceptors (Lipinski definition) is 3. The first kappa shape index (κ1) is 15.4. The second-order valence-electron chi connectivity index (χ2n) is 5.05. The standard InChI is InChI=1S/C17H21FN2O/c1-4-7-20-17(14-8-15(18)11-19-10-14)13-6-5-12(2)16(9-13)21-3/h5-6,8-11,17,20H,4,7H2,1-3H3. The van der Waals surface area contributed by atoms with E-state index in [1.54, 1.807) is 13.3 Å². The van der Waals surface area contributed by atoms with Crippen LogP contribution < -0.4 is 10.1 Å². The molecule has 2 rings (SSSR count). The number of aromatic nitrogens is 1. The molecule has 4 heteroatoms. The van der Waals surface area contributed by atoms with Gasteiger partial charge in [-0.3, -0.25) is 4.98 Å². The first-order valence-electron chi connectivity index (χ1n) is 7.14. The molecule has 0 bridgehead atoms. The Balaban J connectivity index is 2.40. The number of ether oxygens (including phenoxy) is 1. The van der Waals surface area contributed by atoms with Crippen molar-refractivity contribution in [2.24, 2.45) is 0 Å². The highest BCUT2D eigenvalue weighted by Gasteiger charge is 2.15. The highest BCUT2D eigenvalue weighted by molar-refractivity contribution is 5.40. The fraction of sp³-hybridized carbons (Fsp3) is 0.353. The van der Waals surface area contributed by atoms with Crippen LogP contribution in [-0.4, -0.2) is 18.6 Å². The predicted molar refractivity (Wildman–Crippen MR) is 82.1 cm³/mol. The number of methoxy groups -OCH3 is 1. The largest absolute Gasteiger partial charge is 0.496 e. The van der Waals surface area contributed by atoms with E-state index in [1.807, 2.05) is 25.1 Å². The Morgan fingerprint density at radius 1 is 1.24 bits per heavy atom. The van der Waals surface area contributed by atoms with E-state index in [-0.39, 0.29) is 11.9 Å². The summed E-state index contributed by atoms with van der Waals surface area (Å²) in [6.07, 6.45) is 3.92. The maximum atomic E-state index is 13.5. The van der Waals surface area contributed by atoms with Gasteiger partial charge in [0.15, 0.2) is 0 Å².